The number of amides is 1. The molecule has 1 aliphatic heterocycles. The molecule has 0 saturated carbocycles. The number of primary sulfonamides is 1. The molecule has 2 aromatic rings. The first-order chi connectivity index (χ1) is 8.39. The molecule has 1 heterocycles. The van der Waals surface area contributed by atoms with Gasteiger partial charge in [0.25, 0.3) is 5.91 Å². The van der Waals surface area contributed by atoms with E-state index in [2.05, 4.69) is 5.32 Å². The van der Waals surface area contributed by atoms with Crippen molar-refractivity contribution >= 4 is 38.1 Å². The van der Waals surface area contributed by atoms with Crippen LogP contribution < -0.4 is 16.2 Å². The molecule has 0 radical (unpaired) electrons. The molecule has 0 spiro atoms. The van der Waals surface area contributed by atoms with Crippen LogP contribution in [0.1, 0.15) is 10.4 Å². The number of nitrogen functional groups attached to an aromatic ring is 1. The Morgan fingerprint density at radius 2 is 1.94 bits per heavy atom. The zero-order valence-electron chi connectivity index (χ0n) is 9.10. The summed E-state index contributed by atoms with van der Waals surface area (Å²) in [7, 11) is -3.89. The van der Waals surface area contributed by atoms with Gasteiger partial charge in [-0.05, 0) is 12.1 Å². The number of carbonyl (C=O) groups is 1. The summed E-state index contributed by atoms with van der Waals surface area (Å²) in [5.41, 5.74) is 6.79. The lowest BCUT2D eigenvalue weighted by molar-refractivity contribution is 0.103. The quantitative estimate of drug-likeness (QED) is 0.654. The molecular weight excluding hydrogens is 254 g/mol. The molecule has 0 fully saturated rings. The van der Waals surface area contributed by atoms with Crippen molar-refractivity contribution in [2.75, 3.05) is 11.1 Å². The third-order valence-electron chi connectivity index (χ3n) is 2.94. The van der Waals surface area contributed by atoms with Gasteiger partial charge >= 0.3 is 0 Å². The highest BCUT2D eigenvalue weighted by Gasteiger charge is 2.27. The van der Waals surface area contributed by atoms with Gasteiger partial charge in [-0.3, -0.25) is 4.79 Å². The third-order valence-corrected chi connectivity index (χ3v) is 3.90. The summed E-state index contributed by atoms with van der Waals surface area (Å²) in [6.45, 7) is 0. The molecule has 0 aromatic heterocycles. The maximum absolute atomic E-state index is 11.7. The van der Waals surface area contributed by atoms with Crippen molar-refractivity contribution in [3.8, 4) is 0 Å². The van der Waals surface area contributed by atoms with Crippen LogP contribution in [0, 0.1) is 0 Å². The highest BCUT2D eigenvalue weighted by atomic mass is 32.2. The lowest BCUT2D eigenvalue weighted by Gasteiger charge is -2.08. The molecule has 6 nitrogen and oxygen atoms in total. The van der Waals surface area contributed by atoms with Crippen LogP contribution in [0.2, 0.25) is 0 Å². The van der Waals surface area contributed by atoms with E-state index in [4.69, 9.17) is 10.9 Å². The molecule has 0 aliphatic carbocycles. The maximum Gasteiger partial charge on any atom is 0.256 e. The number of carbonyl (C=O) groups excluding carboxylic acids is 1. The number of nitrogens with two attached hydrogens (primary N) is 2. The minimum Gasteiger partial charge on any atom is -0.397 e. The van der Waals surface area contributed by atoms with Crippen molar-refractivity contribution < 1.29 is 13.2 Å². The predicted octanol–water partition coefficient (Wildman–Crippen LogP) is 0.635. The van der Waals surface area contributed by atoms with Gasteiger partial charge < -0.3 is 11.1 Å². The van der Waals surface area contributed by atoms with Gasteiger partial charge in [-0.1, -0.05) is 12.1 Å². The molecular formula is C11H9N3O3S. The first-order valence-electron chi connectivity index (χ1n) is 5.09. The molecule has 0 bridgehead atoms. The molecule has 0 saturated heterocycles. The molecule has 7 heteroatoms. The lowest BCUT2D eigenvalue weighted by atomic mass is 10.0. The number of rotatable bonds is 1. The fraction of sp³-hybridized carbons (Fsp3) is 0. The van der Waals surface area contributed by atoms with Gasteiger partial charge in [0, 0.05) is 16.3 Å². The third kappa shape index (κ3) is 1.31. The topological polar surface area (TPSA) is 115 Å². The number of hydrogen-bond acceptors (Lipinski definition) is 4. The zero-order chi connectivity index (χ0) is 13.1. The Morgan fingerprint density at radius 1 is 1.22 bits per heavy atom. The van der Waals surface area contributed by atoms with E-state index in [1.165, 1.54) is 6.07 Å². The second-order valence-electron chi connectivity index (χ2n) is 4.07. The Kier molecular flexibility index (Phi) is 1.96. The van der Waals surface area contributed by atoms with E-state index in [9.17, 15) is 13.2 Å². The normalized spacial score (nSPS) is 13.9. The molecule has 0 atom stereocenters. The van der Waals surface area contributed by atoms with Crippen molar-refractivity contribution in [2.45, 2.75) is 4.90 Å². The van der Waals surface area contributed by atoms with Crippen LogP contribution in [0.25, 0.3) is 10.8 Å². The van der Waals surface area contributed by atoms with E-state index >= 15 is 0 Å². The van der Waals surface area contributed by atoms with Crippen LogP contribution in [0.4, 0.5) is 11.4 Å². The van der Waals surface area contributed by atoms with Crippen molar-refractivity contribution in [3.63, 3.8) is 0 Å². The second-order valence-corrected chi connectivity index (χ2v) is 5.60. The van der Waals surface area contributed by atoms with E-state index in [1.54, 1.807) is 18.2 Å². The van der Waals surface area contributed by atoms with Crippen LogP contribution in [0.15, 0.2) is 29.2 Å². The van der Waals surface area contributed by atoms with Crippen LogP contribution in [0.5, 0.6) is 0 Å². The van der Waals surface area contributed by atoms with Gasteiger partial charge in [0.05, 0.1) is 16.3 Å². The van der Waals surface area contributed by atoms with Crippen molar-refractivity contribution in [1.29, 1.82) is 0 Å². The zero-order valence-corrected chi connectivity index (χ0v) is 9.91. The Labute approximate surface area is 103 Å². The molecule has 3 rings (SSSR count). The second kappa shape index (κ2) is 3.21. The molecule has 5 N–H and O–H groups in total. The largest absolute Gasteiger partial charge is 0.397 e. The number of anilines is 2. The SMILES string of the molecule is Nc1cc(S(N)(=O)=O)c2cccc3c2c1NC3=O. The molecule has 0 unspecified atom stereocenters. The number of nitrogens with one attached hydrogen (secondary N) is 1. The first-order valence-corrected chi connectivity index (χ1v) is 6.63. The van der Waals surface area contributed by atoms with Gasteiger partial charge in [0.2, 0.25) is 10.0 Å². The van der Waals surface area contributed by atoms with Crippen molar-refractivity contribution in [2.24, 2.45) is 5.14 Å². The first kappa shape index (κ1) is 11.0. The van der Waals surface area contributed by atoms with Gasteiger partial charge in [-0.15, -0.1) is 0 Å². The van der Waals surface area contributed by atoms with Crippen LogP contribution in [-0.2, 0) is 10.0 Å². The molecule has 92 valence electrons. The summed E-state index contributed by atoms with van der Waals surface area (Å²) in [6.07, 6.45) is 0. The Hall–Kier alpha value is -2.12. The highest BCUT2D eigenvalue weighted by Crippen LogP contribution is 2.40. The van der Waals surface area contributed by atoms with Gasteiger partial charge in [0.1, 0.15) is 0 Å². The van der Waals surface area contributed by atoms with E-state index in [0.717, 1.165) is 0 Å². The fourth-order valence-corrected chi connectivity index (χ4v) is 2.97. The summed E-state index contributed by atoms with van der Waals surface area (Å²) in [5.74, 6) is -0.297. The minimum atomic E-state index is -3.89. The van der Waals surface area contributed by atoms with E-state index in [0.29, 0.717) is 22.0 Å². The number of hydrogen-bond donors (Lipinski definition) is 3. The average molecular weight is 263 g/mol. The molecule has 2 aromatic carbocycles. The highest BCUT2D eigenvalue weighted by molar-refractivity contribution is 7.89. The Morgan fingerprint density at radius 3 is 2.61 bits per heavy atom. The lowest BCUT2D eigenvalue weighted by Crippen LogP contribution is -2.13. The fourth-order valence-electron chi connectivity index (χ4n) is 2.20. The monoisotopic (exact) mass is 263 g/mol. The average Bonchev–Trinajstić information content (AvgIpc) is 2.62. The van der Waals surface area contributed by atoms with E-state index in [-0.39, 0.29) is 16.5 Å². The standard InChI is InChI=1S/C11H9N3O3S/c12-7-4-8(18(13,16)17)5-2-1-3-6-9(5)10(7)14-11(6)15/h1-4H,12H2,(H,14,15)(H2,13,16,17). The molecule has 18 heavy (non-hydrogen) atoms. The van der Waals surface area contributed by atoms with Gasteiger partial charge in [-0.25, -0.2) is 13.6 Å². The van der Waals surface area contributed by atoms with Crippen molar-refractivity contribution in [3.05, 3.63) is 29.8 Å². The van der Waals surface area contributed by atoms with Gasteiger partial charge in [0.15, 0.2) is 0 Å². The van der Waals surface area contributed by atoms with E-state index in [1.807, 2.05) is 0 Å². The molecule has 1 aliphatic rings. The summed E-state index contributed by atoms with van der Waals surface area (Å²) >= 11 is 0. The Bertz CT molecular complexity index is 812. The smallest absolute Gasteiger partial charge is 0.256 e. The summed E-state index contributed by atoms with van der Waals surface area (Å²) in [4.78, 5) is 11.6. The summed E-state index contributed by atoms with van der Waals surface area (Å²) < 4.78 is 23.1. The molecule has 1 amide bonds. The van der Waals surface area contributed by atoms with Crippen LogP contribution in [0.3, 0.4) is 0 Å². The van der Waals surface area contributed by atoms with Crippen LogP contribution in [-0.4, -0.2) is 14.3 Å². The van der Waals surface area contributed by atoms with E-state index < -0.39 is 10.0 Å². The number of benzene rings is 2. The van der Waals surface area contributed by atoms with Gasteiger partial charge in [-0.2, -0.15) is 0 Å². The van der Waals surface area contributed by atoms with Crippen LogP contribution >= 0.6 is 0 Å². The predicted molar refractivity (Wildman–Crippen MR) is 67.7 cm³/mol. The summed E-state index contributed by atoms with van der Waals surface area (Å²) in [5, 5.41) is 8.68. The Balaban J connectivity index is 2.59. The number of sulfonamides is 1. The maximum atomic E-state index is 11.7. The summed E-state index contributed by atoms with van der Waals surface area (Å²) in [6, 6.07) is 6.09. The minimum absolute atomic E-state index is 0.0721. The van der Waals surface area contributed by atoms with Crippen molar-refractivity contribution in [1.82, 2.24) is 0 Å².